The fourth-order valence-electron chi connectivity index (χ4n) is 3.66. The molecule has 0 aromatic carbocycles. The lowest BCUT2D eigenvalue weighted by Gasteiger charge is -2.25. The Morgan fingerprint density at radius 3 is 2.53 bits per heavy atom. The van der Waals surface area contributed by atoms with Crippen molar-refractivity contribution in [3.63, 3.8) is 0 Å². The van der Waals surface area contributed by atoms with Gasteiger partial charge in [-0.1, -0.05) is 26.7 Å². The van der Waals surface area contributed by atoms with Gasteiger partial charge in [0.05, 0.1) is 11.7 Å². The second kappa shape index (κ2) is 5.71. The van der Waals surface area contributed by atoms with Crippen molar-refractivity contribution in [2.45, 2.75) is 83.0 Å². The molecule has 100 valence electrons. The maximum absolute atomic E-state index is 6.36. The van der Waals surface area contributed by atoms with Gasteiger partial charge in [0.2, 0.25) is 0 Å². The Kier molecular flexibility index (Phi) is 4.48. The van der Waals surface area contributed by atoms with E-state index in [9.17, 15) is 0 Å². The average Bonchev–Trinajstić information content (AvgIpc) is 2.91. The number of ether oxygens (including phenoxy) is 1. The standard InChI is InChI=1S/C15H29NO/c1-12(2)14(16-3)7-6-13-8-11-15(17-13)9-4-5-10-15/h12-14,16H,4-11H2,1-3H3. The van der Waals surface area contributed by atoms with Gasteiger partial charge in [0.25, 0.3) is 0 Å². The highest BCUT2D eigenvalue weighted by Gasteiger charge is 2.41. The van der Waals surface area contributed by atoms with Crippen LogP contribution in [-0.2, 0) is 4.74 Å². The molecule has 1 saturated carbocycles. The molecule has 17 heavy (non-hydrogen) atoms. The Labute approximate surface area is 107 Å². The Balaban J connectivity index is 1.74. The van der Waals surface area contributed by atoms with E-state index in [0.717, 1.165) is 5.92 Å². The topological polar surface area (TPSA) is 21.3 Å². The zero-order valence-corrected chi connectivity index (χ0v) is 11.8. The van der Waals surface area contributed by atoms with Crippen molar-refractivity contribution in [1.29, 1.82) is 0 Å². The molecular weight excluding hydrogens is 210 g/mol. The summed E-state index contributed by atoms with van der Waals surface area (Å²) in [5, 5.41) is 3.43. The highest BCUT2D eigenvalue weighted by molar-refractivity contribution is 4.93. The van der Waals surface area contributed by atoms with Crippen LogP contribution in [0.15, 0.2) is 0 Å². The quantitative estimate of drug-likeness (QED) is 0.793. The van der Waals surface area contributed by atoms with Crippen LogP contribution < -0.4 is 5.32 Å². The molecule has 2 aliphatic rings. The Morgan fingerprint density at radius 1 is 1.24 bits per heavy atom. The van der Waals surface area contributed by atoms with E-state index in [2.05, 4.69) is 26.2 Å². The highest BCUT2D eigenvalue weighted by Crippen LogP contribution is 2.44. The summed E-state index contributed by atoms with van der Waals surface area (Å²) in [4.78, 5) is 0. The fourth-order valence-corrected chi connectivity index (χ4v) is 3.66. The molecule has 2 rings (SSSR count). The summed E-state index contributed by atoms with van der Waals surface area (Å²) in [6.45, 7) is 4.60. The first kappa shape index (κ1) is 13.4. The van der Waals surface area contributed by atoms with Gasteiger partial charge in [-0.25, -0.2) is 0 Å². The van der Waals surface area contributed by atoms with Crippen LogP contribution >= 0.6 is 0 Å². The molecular formula is C15H29NO. The smallest absolute Gasteiger partial charge is 0.0687 e. The largest absolute Gasteiger partial charge is 0.372 e. The van der Waals surface area contributed by atoms with E-state index in [0.29, 0.717) is 17.7 Å². The van der Waals surface area contributed by atoms with Crippen molar-refractivity contribution in [1.82, 2.24) is 5.32 Å². The lowest BCUT2D eigenvalue weighted by atomic mass is 9.95. The van der Waals surface area contributed by atoms with Crippen LogP contribution in [0.25, 0.3) is 0 Å². The van der Waals surface area contributed by atoms with Gasteiger partial charge in [0.15, 0.2) is 0 Å². The molecule has 0 aromatic rings. The third-order valence-corrected chi connectivity index (χ3v) is 4.83. The van der Waals surface area contributed by atoms with Crippen molar-refractivity contribution in [3.05, 3.63) is 0 Å². The molecule has 0 radical (unpaired) electrons. The van der Waals surface area contributed by atoms with E-state index in [-0.39, 0.29) is 0 Å². The molecule has 0 bridgehead atoms. The second-order valence-electron chi connectivity index (χ2n) is 6.39. The summed E-state index contributed by atoms with van der Waals surface area (Å²) in [5.74, 6) is 0.724. The molecule has 0 amide bonds. The summed E-state index contributed by atoms with van der Waals surface area (Å²) < 4.78 is 6.36. The molecule has 2 atom stereocenters. The minimum absolute atomic E-state index is 0.317. The van der Waals surface area contributed by atoms with E-state index >= 15 is 0 Å². The van der Waals surface area contributed by atoms with Crippen LogP contribution in [-0.4, -0.2) is 24.8 Å². The summed E-state index contributed by atoms with van der Waals surface area (Å²) in [7, 11) is 2.08. The Bertz CT molecular complexity index is 233. The molecule has 2 fully saturated rings. The van der Waals surface area contributed by atoms with Crippen LogP contribution in [0.1, 0.15) is 65.2 Å². The van der Waals surface area contributed by atoms with Crippen LogP contribution in [0.2, 0.25) is 0 Å². The van der Waals surface area contributed by atoms with Crippen LogP contribution in [0.4, 0.5) is 0 Å². The van der Waals surface area contributed by atoms with Gasteiger partial charge in [-0.3, -0.25) is 0 Å². The summed E-state index contributed by atoms with van der Waals surface area (Å²) in [5.41, 5.74) is 0.317. The van der Waals surface area contributed by atoms with Gasteiger partial charge < -0.3 is 10.1 Å². The SMILES string of the molecule is CNC(CCC1CCC2(CCCC2)O1)C(C)C. The molecule has 1 aliphatic heterocycles. The minimum atomic E-state index is 0.317. The number of rotatable bonds is 5. The number of hydrogen-bond donors (Lipinski definition) is 1. The third kappa shape index (κ3) is 3.23. The number of hydrogen-bond acceptors (Lipinski definition) is 2. The first-order chi connectivity index (χ1) is 8.15. The first-order valence-electron chi connectivity index (χ1n) is 7.50. The van der Waals surface area contributed by atoms with Crippen molar-refractivity contribution in [2.24, 2.45) is 5.92 Å². The Hall–Kier alpha value is -0.0800. The van der Waals surface area contributed by atoms with Gasteiger partial charge >= 0.3 is 0 Å². The fraction of sp³-hybridized carbons (Fsp3) is 1.00. The zero-order chi connectivity index (χ0) is 12.3. The predicted octanol–water partition coefficient (Wildman–Crippen LogP) is 3.50. The lowest BCUT2D eigenvalue weighted by Crippen LogP contribution is -2.32. The van der Waals surface area contributed by atoms with Gasteiger partial charge in [-0.2, -0.15) is 0 Å². The van der Waals surface area contributed by atoms with Crippen LogP contribution in [0.3, 0.4) is 0 Å². The molecule has 0 aromatic heterocycles. The van der Waals surface area contributed by atoms with Crippen molar-refractivity contribution in [2.75, 3.05) is 7.05 Å². The molecule has 2 unspecified atom stereocenters. The monoisotopic (exact) mass is 239 g/mol. The van der Waals surface area contributed by atoms with Crippen LogP contribution in [0, 0.1) is 5.92 Å². The van der Waals surface area contributed by atoms with Gasteiger partial charge in [-0.15, -0.1) is 0 Å². The zero-order valence-electron chi connectivity index (χ0n) is 11.8. The first-order valence-corrected chi connectivity index (χ1v) is 7.50. The van der Waals surface area contributed by atoms with Crippen molar-refractivity contribution in [3.8, 4) is 0 Å². The number of nitrogens with one attached hydrogen (secondary N) is 1. The van der Waals surface area contributed by atoms with E-state index in [1.54, 1.807) is 0 Å². The molecule has 1 aliphatic carbocycles. The predicted molar refractivity (Wildman–Crippen MR) is 72.2 cm³/mol. The average molecular weight is 239 g/mol. The maximum Gasteiger partial charge on any atom is 0.0687 e. The molecule has 2 nitrogen and oxygen atoms in total. The van der Waals surface area contributed by atoms with E-state index in [1.165, 1.54) is 51.4 Å². The van der Waals surface area contributed by atoms with Gasteiger partial charge in [0, 0.05) is 6.04 Å². The summed E-state index contributed by atoms with van der Waals surface area (Å²) >= 11 is 0. The highest BCUT2D eigenvalue weighted by atomic mass is 16.5. The maximum atomic E-state index is 6.36. The van der Waals surface area contributed by atoms with Gasteiger partial charge in [-0.05, 0) is 51.5 Å². The summed E-state index contributed by atoms with van der Waals surface area (Å²) in [6.07, 6.45) is 11.1. The normalized spacial score (nSPS) is 29.3. The summed E-state index contributed by atoms with van der Waals surface area (Å²) in [6, 6.07) is 0.652. The second-order valence-corrected chi connectivity index (χ2v) is 6.39. The Morgan fingerprint density at radius 2 is 1.94 bits per heavy atom. The van der Waals surface area contributed by atoms with Crippen molar-refractivity contribution >= 4 is 0 Å². The molecule has 1 spiro atoms. The molecule has 1 N–H and O–H groups in total. The van der Waals surface area contributed by atoms with E-state index in [4.69, 9.17) is 4.74 Å². The molecule has 1 heterocycles. The third-order valence-electron chi connectivity index (χ3n) is 4.83. The van der Waals surface area contributed by atoms with Crippen molar-refractivity contribution < 1.29 is 4.74 Å². The van der Waals surface area contributed by atoms with E-state index < -0.39 is 0 Å². The molecule has 1 saturated heterocycles. The molecule has 2 heteroatoms. The minimum Gasteiger partial charge on any atom is -0.372 e. The van der Waals surface area contributed by atoms with Crippen LogP contribution in [0.5, 0.6) is 0 Å². The van der Waals surface area contributed by atoms with Gasteiger partial charge in [0.1, 0.15) is 0 Å². The van der Waals surface area contributed by atoms with E-state index in [1.807, 2.05) is 0 Å². The lowest BCUT2D eigenvalue weighted by molar-refractivity contribution is -0.0404.